The Hall–Kier alpha value is -1.84. The maximum Gasteiger partial charge on any atom is 0.234 e. The quantitative estimate of drug-likeness (QED) is 0.861. The van der Waals surface area contributed by atoms with Crippen LogP contribution in [0.15, 0.2) is 48.5 Å². The number of rotatable bonds is 6. The summed E-state index contributed by atoms with van der Waals surface area (Å²) < 4.78 is 0. The Labute approximate surface area is 130 Å². The van der Waals surface area contributed by atoms with E-state index in [1.54, 1.807) is 0 Å². The highest BCUT2D eigenvalue weighted by Crippen LogP contribution is 2.09. The number of hydrogen-bond donors (Lipinski definition) is 2. The molecule has 0 aromatic heterocycles. The molecule has 0 aliphatic carbocycles. The lowest BCUT2D eigenvalue weighted by atomic mass is 10.1. The second-order valence-corrected chi connectivity index (χ2v) is 5.43. The van der Waals surface area contributed by atoms with E-state index in [-0.39, 0.29) is 5.91 Å². The van der Waals surface area contributed by atoms with E-state index < -0.39 is 0 Å². The summed E-state index contributed by atoms with van der Waals surface area (Å²) in [4.78, 5) is 11.8. The molecule has 21 heavy (non-hydrogen) atoms. The Kier molecular flexibility index (Phi) is 5.78. The molecule has 0 aliphatic rings. The van der Waals surface area contributed by atoms with E-state index in [1.165, 1.54) is 5.56 Å². The lowest BCUT2D eigenvalue weighted by Gasteiger charge is -2.07. The summed E-state index contributed by atoms with van der Waals surface area (Å²) in [6, 6.07) is 15.7. The number of nitrogens with one attached hydrogen (secondary N) is 2. The van der Waals surface area contributed by atoms with Crippen molar-refractivity contribution in [3.63, 3.8) is 0 Å². The van der Waals surface area contributed by atoms with Gasteiger partial charge in [-0.25, -0.2) is 0 Å². The maximum atomic E-state index is 11.8. The van der Waals surface area contributed by atoms with Crippen LogP contribution in [0.2, 0.25) is 5.02 Å². The normalized spacial score (nSPS) is 10.4. The molecule has 0 fully saturated rings. The third-order valence-electron chi connectivity index (χ3n) is 3.10. The minimum atomic E-state index is -0.00882. The molecule has 2 rings (SSSR count). The van der Waals surface area contributed by atoms with Gasteiger partial charge in [0.15, 0.2) is 0 Å². The SMILES string of the molecule is Cc1cccc(CNC(=O)CNCc2ccc(Cl)cc2)c1. The molecular weight excluding hydrogens is 284 g/mol. The molecule has 2 aromatic carbocycles. The summed E-state index contributed by atoms with van der Waals surface area (Å²) in [5.41, 5.74) is 3.41. The van der Waals surface area contributed by atoms with Crippen LogP contribution in [0.25, 0.3) is 0 Å². The first kappa shape index (κ1) is 15.5. The van der Waals surface area contributed by atoms with Crippen LogP contribution in [-0.2, 0) is 17.9 Å². The number of aryl methyl sites for hydroxylation is 1. The second-order valence-electron chi connectivity index (χ2n) is 5.00. The Balaban J connectivity index is 1.69. The van der Waals surface area contributed by atoms with Gasteiger partial charge in [0.25, 0.3) is 0 Å². The number of hydrogen-bond acceptors (Lipinski definition) is 2. The maximum absolute atomic E-state index is 11.8. The van der Waals surface area contributed by atoms with Crippen LogP contribution in [0.4, 0.5) is 0 Å². The van der Waals surface area contributed by atoms with Gasteiger partial charge < -0.3 is 10.6 Å². The molecular formula is C17H19ClN2O. The molecule has 0 radical (unpaired) electrons. The number of carbonyl (C=O) groups excluding carboxylic acids is 1. The number of benzene rings is 2. The van der Waals surface area contributed by atoms with E-state index in [1.807, 2.05) is 49.4 Å². The van der Waals surface area contributed by atoms with Gasteiger partial charge in [-0.15, -0.1) is 0 Å². The first-order valence-corrected chi connectivity index (χ1v) is 7.29. The molecule has 0 spiro atoms. The van der Waals surface area contributed by atoms with Crippen molar-refractivity contribution in [3.8, 4) is 0 Å². The molecule has 2 aromatic rings. The van der Waals surface area contributed by atoms with Gasteiger partial charge >= 0.3 is 0 Å². The van der Waals surface area contributed by atoms with Crippen molar-refractivity contribution in [2.75, 3.05) is 6.54 Å². The van der Waals surface area contributed by atoms with Crippen molar-refractivity contribution in [1.29, 1.82) is 0 Å². The Morgan fingerprint density at radius 2 is 1.81 bits per heavy atom. The predicted octanol–water partition coefficient (Wildman–Crippen LogP) is 3.05. The zero-order valence-electron chi connectivity index (χ0n) is 12.0. The second kappa shape index (κ2) is 7.81. The van der Waals surface area contributed by atoms with Gasteiger partial charge in [0.1, 0.15) is 0 Å². The summed E-state index contributed by atoms with van der Waals surface area (Å²) >= 11 is 5.82. The standard InChI is InChI=1S/C17H19ClN2O/c1-13-3-2-4-15(9-13)11-20-17(21)12-19-10-14-5-7-16(18)8-6-14/h2-9,19H,10-12H2,1H3,(H,20,21). The van der Waals surface area contributed by atoms with Crippen molar-refractivity contribution >= 4 is 17.5 Å². The third-order valence-corrected chi connectivity index (χ3v) is 3.35. The molecule has 2 N–H and O–H groups in total. The minimum Gasteiger partial charge on any atom is -0.351 e. The van der Waals surface area contributed by atoms with Gasteiger partial charge in [-0.05, 0) is 30.2 Å². The zero-order valence-corrected chi connectivity index (χ0v) is 12.8. The van der Waals surface area contributed by atoms with E-state index in [0.717, 1.165) is 16.1 Å². The van der Waals surface area contributed by atoms with Crippen molar-refractivity contribution in [2.45, 2.75) is 20.0 Å². The lowest BCUT2D eigenvalue weighted by molar-refractivity contribution is -0.120. The van der Waals surface area contributed by atoms with E-state index >= 15 is 0 Å². The molecule has 0 atom stereocenters. The molecule has 0 aliphatic heterocycles. The van der Waals surface area contributed by atoms with Crippen molar-refractivity contribution in [2.24, 2.45) is 0 Å². The fourth-order valence-electron chi connectivity index (χ4n) is 2.01. The zero-order chi connectivity index (χ0) is 15.1. The van der Waals surface area contributed by atoms with Gasteiger partial charge in [-0.1, -0.05) is 53.6 Å². The molecule has 0 heterocycles. The number of amides is 1. The summed E-state index contributed by atoms with van der Waals surface area (Å²) in [5.74, 6) is -0.00882. The average molecular weight is 303 g/mol. The van der Waals surface area contributed by atoms with Crippen LogP contribution >= 0.6 is 11.6 Å². The van der Waals surface area contributed by atoms with Gasteiger partial charge in [0, 0.05) is 18.1 Å². The van der Waals surface area contributed by atoms with Gasteiger partial charge in [0.2, 0.25) is 5.91 Å². The van der Waals surface area contributed by atoms with E-state index in [0.29, 0.717) is 19.6 Å². The summed E-state index contributed by atoms with van der Waals surface area (Å²) in [7, 11) is 0. The van der Waals surface area contributed by atoms with Crippen LogP contribution < -0.4 is 10.6 Å². The molecule has 0 unspecified atom stereocenters. The molecule has 0 saturated carbocycles. The van der Waals surface area contributed by atoms with Crippen LogP contribution in [-0.4, -0.2) is 12.5 Å². The smallest absolute Gasteiger partial charge is 0.234 e. The van der Waals surface area contributed by atoms with E-state index in [2.05, 4.69) is 16.7 Å². The molecule has 110 valence electrons. The minimum absolute atomic E-state index is 0.00882. The lowest BCUT2D eigenvalue weighted by Crippen LogP contribution is -2.33. The topological polar surface area (TPSA) is 41.1 Å². The summed E-state index contributed by atoms with van der Waals surface area (Å²) in [6.45, 7) is 3.55. The summed E-state index contributed by atoms with van der Waals surface area (Å²) in [6.07, 6.45) is 0. The van der Waals surface area contributed by atoms with Crippen LogP contribution in [0, 0.1) is 6.92 Å². The highest BCUT2D eigenvalue weighted by molar-refractivity contribution is 6.30. The average Bonchev–Trinajstić information content (AvgIpc) is 2.47. The van der Waals surface area contributed by atoms with Gasteiger partial charge in [-0.3, -0.25) is 4.79 Å². The van der Waals surface area contributed by atoms with Gasteiger partial charge in [0.05, 0.1) is 6.54 Å². The molecule has 0 saturated heterocycles. The highest BCUT2D eigenvalue weighted by atomic mass is 35.5. The monoisotopic (exact) mass is 302 g/mol. The van der Waals surface area contributed by atoms with E-state index in [4.69, 9.17) is 11.6 Å². The molecule has 3 nitrogen and oxygen atoms in total. The van der Waals surface area contributed by atoms with Crippen molar-refractivity contribution in [1.82, 2.24) is 10.6 Å². The molecule has 0 bridgehead atoms. The third kappa shape index (κ3) is 5.58. The largest absolute Gasteiger partial charge is 0.351 e. The number of carbonyl (C=O) groups is 1. The van der Waals surface area contributed by atoms with Crippen LogP contribution in [0.3, 0.4) is 0 Å². The van der Waals surface area contributed by atoms with Crippen LogP contribution in [0.1, 0.15) is 16.7 Å². The first-order valence-electron chi connectivity index (χ1n) is 6.91. The highest BCUT2D eigenvalue weighted by Gasteiger charge is 2.01. The van der Waals surface area contributed by atoms with Crippen LogP contribution in [0.5, 0.6) is 0 Å². The fourth-order valence-corrected chi connectivity index (χ4v) is 2.13. The molecule has 4 heteroatoms. The fraction of sp³-hybridized carbons (Fsp3) is 0.235. The summed E-state index contributed by atoms with van der Waals surface area (Å²) in [5, 5.41) is 6.73. The number of halogens is 1. The predicted molar refractivity (Wildman–Crippen MR) is 86.2 cm³/mol. The first-order chi connectivity index (χ1) is 10.1. The van der Waals surface area contributed by atoms with E-state index in [9.17, 15) is 4.79 Å². The Morgan fingerprint density at radius 3 is 2.52 bits per heavy atom. The van der Waals surface area contributed by atoms with Crippen molar-refractivity contribution < 1.29 is 4.79 Å². The Morgan fingerprint density at radius 1 is 1.05 bits per heavy atom. The molecule has 1 amide bonds. The Bertz CT molecular complexity index is 596. The van der Waals surface area contributed by atoms with Crippen molar-refractivity contribution in [3.05, 3.63) is 70.2 Å². The van der Waals surface area contributed by atoms with Gasteiger partial charge in [-0.2, -0.15) is 0 Å².